The quantitative estimate of drug-likeness (QED) is 0.593. The Morgan fingerprint density at radius 1 is 1.10 bits per heavy atom. The Labute approximate surface area is 184 Å². The van der Waals surface area contributed by atoms with E-state index in [-0.39, 0.29) is 5.91 Å². The second kappa shape index (κ2) is 12.3. The van der Waals surface area contributed by atoms with E-state index in [4.69, 9.17) is 18.9 Å². The first-order valence-electron chi connectivity index (χ1n) is 10.7. The van der Waals surface area contributed by atoms with Crippen molar-refractivity contribution in [2.24, 2.45) is 0 Å². The first-order chi connectivity index (χ1) is 15.1. The van der Waals surface area contributed by atoms with Crippen molar-refractivity contribution in [2.45, 2.75) is 26.2 Å². The third-order valence-electron chi connectivity index (χ3n) is 5.15. The number of hydrogen-bond donors (Lipinski definition) is 1. The summed E-state index contributed by atoms with van der Waals surface area (Å²) in [6.07, 6.45) is -0.556. The highest BCUT2D eigenvalue weighted by molar-refractivity contribution is 5.80. The summed E-state index contributed by atoms with van der Waals surface area (Å²) in [5.74, 6) is 1.43. The molecule has 168 valence electrons. The fraction of sp³-hybridized carbons (Fsp3) is 0.458. The van der Waals surface area contributed by atoms with Gasteiger partial charge in [0.2, 0.25) is 5.91 Å². The highest BCUT2D eigenvalue weighted by Gasteiger charge is 2.14. The predicted molar refractivity (Wildman–Crippen MR) is 118 cm³/mol. The minimum Gasteiger partial charge on any atom is -0.497 e. The van der Waals surface area contributed by atoms with Gasteiger partial charge in [-0.1, -0.05) is 24.3 Å². The number of carbonyl (C=O) groups is 1. The van der Waals surface area contributed by atoms with Gasteiger partial charge < -0.3 is 24.3 Å². The Kier molecular flexibility index (Phi) is 9.15. The third kappa shape index (κ3) is 7.86. The number of amides is 1. The first-order valence-corrected chi connectivity index (χ1v) is 10.7. The molecule has 31 heavy (non-hydrogen) atoms. The Balaban J connectivity index is 1.39. The number of nitrogens with one attached hydrogen (secondary N) is 1. The van der Waals surface area contributed by atoms with Crippen LogP contribution in [-0.2, 0) is 27.4 Å². The summed E-state index contributed by atoms with van der Waals surface area (Å²) >= 11 is 0. The molecule has 2 aromatic rings. The molecule has 1 fully saturated rings. The van der Waals surface area contributed by atoms with E-state index in [1.165, 1.54) is 0 Å². The summed E-state index contributed by atoms with van der Waals surface area (Å²) in [5, 5.41) is 2.93. The average Bonchev–Trinajstić information content (AvgIpc) is 2.82. The van der Waals surface area contributed by atoms with Crippen LogP contribution in [0.1, 0.15) is 18.1 Å². The lowest BCUT2D eigenvalue weighted by atomic mass is 10.2. The number of benzene rings is 2. The molecular formula is C24H32N2O5. The van der Waals surface area contributed by atoms with Gasteiger partial charge in [-0.15, -0.1) is 0 Å². The number of nitrogens with zero attached hydrogens (tertiary/aromatic N) is 1. The molecule has 1 atom stereocenters. The molecule has 0 radical (unpaired) electrons. The van der Waals surface area contributed by atoms with Gasteiger partial charge in [-0.3, -0.25) is 9.69 Å². The van der Waals surface area contributed by atoms with E-state index < -0.39 is 6.10 Å². The number of hydrogen-bond acceptors (Lipinski definition) is 6. The van der Waals surface area contributed by atoms with Gasteiger partial charge in [0.25, 0.3) is 0 Å². The Morgan fingerprint density at radius 3 is 2.58 bits per heavy atom. The predicted octanol–water partition coefficient (Wildman–Crippen LogP) is 2.63. The maximum absolute atomic E-state index is 12.4. The number of rotatable bonds is 11. The van der Waals surface area contributed by atoms with E-state index >= 15 is 0 Å². The van der Waals surface area contributed by atoms with E-state index in [2.05, 4.69) is 10.2 Å². The highest BCUT2D eigenvalue weighted by atomic mass is 16.5. The Bertz CT molecular complexity index is 823. The number of ether oxygens (including phenoxy) is 4. The molecule has 1 aliphatic heterocycles. The van der Waals surface area contributed by atoms with Crippen LogP contribution in [0.5, 0.6) is 11.5 Å². The second-order valence-electron chi connectivity index (χ2n) is 7.47. The number of methoxy groups -OCH3 is 1. The number of carbonyl (C=O) groups excluding carboxylic acids is 1. The molecule has 1 amide bonds. The summed E-state index contributed by atoms with van der Waals surface area (Å²) < 4.78 is 22.2. The van der Waals surface area contributed by atoms with Crippen LogP contribution in [0.2, 0.25) is 0 Å². The van der Waals surface area contributed by atoms with Gasteiger partial charge in [0, 0.05) is 26.2 Å². The maximum atomic E-state index is 12.4. The largest absolute Gasteiger partial charge is 0.497 e. The first kappa shape index (κ1) is 23.1. The van der Waals surface area contributed by atoms with Crippen LogP contribution in [0.4, 0.5) is 0 Å². The summed E-state index contributed by atoms with van der Waals surface area (Å²) in [7, 11) is 1.63. The van der Waals surface area contributed by atoms with E-state index in [0.717, 1.165) is 55.5 Å². The van der Waals surface area contributed by atoms with Gasteiger partial charge in [0.1, 0.15) is 24.2 Å². The van der Waals surface area contributed by atoms with Crippen LogP contribution in [0, 0.1) is 0 Å². The van der Waals surface area contributed by atoms with Gasteiger partial charge in [-0.05, 0) is 42.3 Å². The fourth-order valence-corrected chi connectivity index (χ4v) is 3.25. The zero-order chi connectivity index (χ0) is 21.9. The molecular weight excluding hydrogens is 396 g/mol. The number of morpholine rings is 1. The minimum absolute atomic E-state index is 0.151. The van der Waals surface area contributed by atoms with Gasteiger partial charge in [-0.2, -0.15) is 0 Å². The van der Waals surface area contributed by atoms with Crippen molar-refractivity contribution < 1.29 is 23.7 Å². The SMILES string of the molecule is COc1cccc(COC(C)C(=O)NCc2cccc(OCCN3CCOCC3)c2)c1. The molecule has 1 unspecified atom stereocenters. The van der Waals surface area contributed by atoms with Crippen LogP contribution in [0.15, 0.2) is 48.5 Å². The van der Waals surface area contributed by atoms with Crippen LogP contribution >= 0.6 is 0 Å². The van der Waals surface area contributed by atoms with Crippen molar-refractivity contribution in [3.8, 4) is 11.5 Å². The molecule has 3 rings (SSSR count). The van der Waals surface area contributed by atoms with Crippen LogP contribution in [0.25, 0.3) is 0 Å². The molecule has 0 bridgehead atoms. The Hall–Kier alpha value is -2.61. The van der Waals surface area contributed by atoms with Crippen molar-refractivity contribution in [2.75, 3.05) is 46.6 Å². The molecule has 0 aliphatic carbocycles. The monoisotopic (exact) mass is 428 g/mol. The molecule has 0 spiro atoms. The normalized spacial score (nSPS) is 15.3. The molecule has 7 heteroatoms. The molecule has 1 heterocycles. The molecule has 1 aliphatic rings. The van der Waals surface area contributed by atoms with Crippen molar-refractivity contribution in [3.05, 3.63) is 59.7 Å². The van der Waals surface area contributed by atoms with Crippen molar-refractivity contribution in [1.29, 1.82) is 0 Å². The smallest absolute Gasteiger partial charge is 0.249 e. The van der Waals surface area contributed by atoms with Crippen LogP contribution in [0.3, 0.4) is 0 Å². The van der Waals surface area contributed by atoms with Gasteiger partial charge in [0.15, 0.2) is 0 Å². The van der Waals surface area contributed by atoms with Gasteiger partial charge >= 0.3 is 0 Å². The molecule has 0 aromatic heterocycles. The minimum atomic E-state index is -0.556. The summed E-state index contributed by atoms with van der Waals surface area (Å²) in [5.41, 5.74) is 1.94. The zero-order valence-electron chi connectivity index (χ0n) is 18.3. The van der Waals surface area contributed by atoms with E-state index in [0.29, 0.717) is 19.8 Å². The topological polar surface area (TPSA) is 69.3 Å². The van der Waals surface area contributed by atoms with Crippen LogP contribution < -0.4 is 14.8 Å². The zero-order valence-corrected chi connectivity index (χ0v) is 18.3. The van der Waals surface area contributed by atoms with Crippen molar-refractivity contribution >= 4 is 5.91 Å². The molecule has 7 nitrogen and oxygen atoms in total. The van der Waals surface area contributed by atoms with Crippen molar-refractivity contribution in [3.63, 3.8) is 0 Å². The van der Waals surface area contributed by atoms with E-state index in [1.54, 1.807) is 14.0 Å². The lowest BCUT2D eigenvalue weighted by Crippen LogP contribution is -2.38. The molecule has 1 N–H and O–H groups in total. The van der Waals surface area contributed by atoms with Gasteiger partial charge in [0.05, 0.1) is 26.9 Å². The summed E-state index contributed by atoms with van der Waals surface area (Å²) in [6.45, 7) is 7.51. The second-order valence-corrected chi connectivity index (χ2v) is 7.47. The maximum Gasteiger partial charge on any atom is 0.249 e. The van der Waals surface area contributed by atoms with Crippen molar-refractivity contribution in [1.82, 2.24) is 10.2 Å². The summed E-state index contributed by atoms with van der Waals surface area (Å²) in [4.78, 5) is 14.7. The lowest BCUT2D eigenvalue weighted by Gasteiger charge is -2.26. The summed E-state index contributed by atoms with van der Waals surface area (Å²) in [6, 6.07) is 15.4. The fourth-order valence-electron chi connectivity index (χ4n) is 3.25. The molecule has 0 saturated carbocycles. The van der Waals surface area contributed by atoms with E-state index in [9.17, 15) is 4.79 Å². The highest BCUT2D eigenvalue weighted by Crippen LogP contribution is 2.15. The molecule has 2 aromatic carbocycles. The van der Waals surface area contributed by atoms with Crippen LogP contribution in [-0.4, -0.2) is 63.5 Å². The average molecular weight is 429 g/mol. The van der Waals surface area contributed by atoms with Gasteiger partial charge in [-0.25, -0.2) is 0 Å². The lowest BCUT2D eigenvalue weighted by molar-refractivity contribution is -0.132. The standard InChI is InChI=1S/C24H32N2O5/c1-19(31-18-21-6-4-7-22(16-21)28-2)24(27)25-17-20-5-3-8-23(15-20)30-14-11-26-9-12-29-13-10-26/h3-8,15-16,19H,9-14,17-18H2,1-2H3,(H,25,27). The molecule has 1 saturated heterocycles. The third-order valence-corrected chi connectivity index (χ3v) is 5.15. The van der Waals surface area contributed by atoms with E-state index in [1.807, 2.05) is 48.5 Å². The Morgan fingerprint density at radius 2 is 1.81 bits per heavy atom.